The van der Waals surface area contributed by atoms with Crippen molar-refractivity contribution in [3.63, 3.8) is 0 Å². The summed E-state index contributed by atoms with van der Waals surface area (Å²) in [5.41, 5.74) is 0. The predicted octanol–water partition coefficient (Wildman–Crippen LogP) is 0.789. The van der Waals surface area contributed by atoms with E-state index < -0.39 is 0 Å². The summed E-state index contributed by atoms with van der Waals surface area (Å²) in [6.07, 6.45) is 0.429. The molecule has 2 atom stereocenters. The Hall–Kier alpha value is -1.55. The first-order valence-corrected chi connectivity index (χ1v) is 6.52. The average molecular weight is 246 g/mol. The largest absolute Gasteiger partial charge is 0.493 e. The minimum atomic E-state index is 0.102. The summed E-state index contributed by atoms with van der Waals surface area (Å²) in [5, 5.41) is 6.40. The van der Waals surface area contributed by atoms with Crippen LogP contribution in [-0.2, 0) is 4.79 Å². The number of ether oxygens (including phenoxy) is 1. The van der Waals surface area contributed by atoms with Gasteiger partial charge >= 0.3 is 0 Å². The first-order valence-electron chi connectivity index (χ1n) is 6.52. The Morgan fingerprint density at radius 2 is 2.00 bits per heavy atom. The SMILES string of the molecule is O=C(CCOc1ccccc1)NC1C2CNCC21. The number of amides is 1. The minimum absolute atomic E-state index is 0.102. The van der Waals surface area contributed by atoms with Crippen LogP contribution in [0.2, 0.25) is 0 Å². The fourth-order valence-corrected chi connectivity index (χ4v) is 2.67. The van der Waals surface area contributed by atoms with E-state index in [9.17, 15) is 4.79 Å². The standard InChI is InChI=1S/C14H18N2O2/c17-13(16-14-11-8-15-9-12(11)14)6-7-18-10-4-2-1-3-5-10/h1-5,11-12,14-15H,6-9H2,(H,16,17). The van der Waals surface area contributed by atoms with Crippen LogP contribution >= 0.6 is 0 Å². The highest BCUT2D eigenvalue weighted by Gasteiger charge is 2.53. The molecule has 0 spiro atoms. The van der Waals surface area contributed by atoms with Gasteiger partial charge < -0.3 is 15.4 Å². The fraction of sp³-hybridized carbons (Fsp3) is 0.500. The number of hydrogen-bond donors (Lipinski definition) is 2. The Balaban J connectivity index is 1.35. The van der Waals surface area contributed by atoms with Crippen LogP contribution in [0.4, 0.5) is 0 Å². The van der Waals surface area contributed by atoms with Crippen LogP contribution < -0.4 is 15.4 Å². The van der Waals surface area contributed by atoms with Crippen LogP contribution in [0.5, 0.6) is 5.75 Å². The number of benzene rings is 1. The Kier molecular flexibility index (Phi) is 3.19. The summed E-state index contributed by atoms with van der Waals surface area (Å²) in [6, 6.07) is 10.0. The molecule has 2 unspecified atom stereocenters. The number of carbonyl (C=O) groups excluding carboxylic acids is 1. The van der Waals surface area contributed by atoms with E-state index in [-0.39, 0.29) is 5.91 Å². The number of hydrogen-bond acceptors (Lipinski definition) is 3. The lowest BCUT2D eigenvalue weighted by Gasteiger charge is -2.08. The van der Waals surface area contributed by atoms with Gasteiger partial charge in [0.25, 0.3) is 0 Å². The second-order valence-electron chi connectivity index (χ2n) is 4.99. The van der Waals surface area contributed by atoms with Crippen LogP contribution in [0.1, 0.15) is 6.42 Å². The highest BCUT2D eigenvalue weighted by molar-refractivity contribution is 5.77. The minimum Gasteiger partial charge on any atom is -0.493 e. The topological polar surface area (TPSA) is 50.4 Å². The number of nitrogens with one attached hydrogen (secondary N) is 2. The maximum absolute atomic E-state index is 11.7. The van der Waals surface area contributed by atoms with Gasteiger partial charge in [-0.3, -0.25) is 4.79 Å². The van der Waals surface area contributed by atoms with E-state index in [0.29, 0.717) is 30.9 Å². The van der Waals surface area contributed by atoms with Gasteiger partial charge in [-0.1, -0.05) is 18.2 Å². The molecule has 0 radical (unpaired) electrons. The highest BCUT2D eigenvalue weighted by Crippen LogP contribution is 2.41. The molecule has 4 heteroatoms. The molecule has 2 aliphatic rings. The lowest BCUT2D eigenvalue weighted by atomic mass is 10.3. The normalized spacial score (nSPS) is 28.6. The Morgan fingerprint density at radius 3 is 2.72 bits per heavy atom. The molecule has 96 valence electrons. The molecule has 4 nitrogen and oxygen atoms in total. The van der Waals surface area contributed by atoms with Crippen molar-refractivity contribution in [2.45, 2.75) is 12.5 Å². The molecule has 2 N–H and O–H groups in total. The van der Waals surface area contributed by atoms with Crippen LogP contribution in [0.25, 0.3) is 0 Å². The van der Waals surface area contributed by atoms with E-state index in [1.54, 1.807) is 0 Å². The molecule has 18 heavy (non-hydrogen) atoms. The lowest BCUT2D eigenvalue weighted by molar-refractivity contribution is -0.121. The molecular formula is C14H18N2O2. The predicted molar refractivity (Wildman–Crippen MR) is 68.3 cm³/mol. The third-order valence-electron chi connectivity index (χ3n) is 3.76. The van der Waals surface area contributed by atoms with E-state index in [4.69, 9.17) is 4.74 Å². The zero-order valence-electron chi connectivity index (χ0n) is 10.3. The summed E-state index contributed by atoms with van der Waals surface area (Å²) in [5.74, 6) is 2.26. The molecular weight excluding hydrogens is 228 g/mol. The van der Waals surface area contributed by atoms with Crippen LogP contribution in [0, 0.1) is 11.8 Å². The van der Waals surface area contributed by atoms with Crippen molar-refractivity contribution in [2.24, 2.45) is 11.8 Å². The summed E-state index contributed by atoms with van der Waals surface area (Å²) >= 11 is 0. The first kappa shape index (κ1) is 11.5. The summed E-state index contributed by atoms with van der Waals surface area (Å²) in [7, 11) is 0. The van der Waals surface area contributed by atoms with Crippen molar-refractivity contribution in [3.05, 3.63) is 30.3 Å². The van der Waals surface area contributed by atoms with Gasteiger partial charge in [0.05, 0.1) is 13.0 Å². The molecule has 1 aliphatic carbocycles. The van der Waals surface area contributed by atoms with Gasteiger partial charge in [0.2, 0.25) is 5.91 Å². The number of carbonyl (C=O) groups is 1. The van der Waals surface area contributed by atoms with Crippen LogP contribution in [0.3, 0.4) is 0 Å². The zero-order chi connectivity index (χ0) is 12.4. The number of piperidine rings is 1. The van der Waals surface area contributed by atoms with E-state index >= 15 is 0 Å². The molecule has 1 heterocycles. The van der Waals surface area contributed by atoms with Gasteiger partial charge in [0.15, 0.2) is 0 Å². The van der Waals surface area contributed by atoms with Crippen LogP contribution in [0.15, 0.2) is 30.3 Å². The molecule has 1 aliphatic heterocycles. The Morgan fingerprint density at radius 1 is 1.28 bits per heavy atom. The second-order valence-corrected chi connectivity index (χ2v) is 4.99. The summed E-state index contributed by atoms with van der Waals surface area (Å²) < 4.78 is 5.50. The van der Waals surface area contributed by atoms with E-state index in [1.165, 1.54) is 0 Å². The third kappa shape index (κ3) is 2.48. The quantitative estimate of drug-likeness (QED) is 0.807. The van der Waals surface area contributed by atoms with Crippen molar-refractivity contribution in [2.75, 3.05) is 19.7 Å². The van der Waals surface area contributed by atoms with Gasteiger partial charge in [-0.15, -0.1) is 0 Å². The molecule has 3 rings (SSSR count). The molecule has 0 aromatic heterocycles. The van der Waals surface area contributed by atoms with Crippen molar-refractivity contribution < 1.29 is 9.53 Å². The van der Waals surface area contributed by atoms with E-state index in [0.717, 1.165) is 18.8 Å². The Bertz CT molecular complexity index is 411. The van der Waals surface area contributed by atoms with Crippen molar-refractivity contribution in [1.29, 1.82) is 0 Å². The first-order chi connectivity index (χ1) is 8.84. The summed E-state index contributed by atoms with van der Waals surface area (Å²) in [4.78, 5) is 11.7. The molecule has 1 amide bonds. The maximum atomic E-state index is 11.7. The monoisotopic (exact) mass is 246 g/mol. The fourth-order valence-electron chi connectivity index (χ4n) is 2.67. The van der Waals surface area contributed by atoms with Gasteiger partial charge in [0.1, 0.15) is 5.75 Å². The second kappa shape index (κ2) is 4.98. The smallest absolute Gasteiger partial charge is 0.223 e. The van der Waals surface area contributed by atoms with Crippen molar-refractivity contribution in [3.8, 4) is 5.75 Å². The van der Waals surface area contributed by atoms with Gasteiger partial charge in [-0.05, 0) is 24.0 Å². The van der Waals surface area contributed by atoms with Crippen LogP contribution in [-0.4, -0.2) is 31.6 Å². The molecule has 0 bridgehead atoms. The summed E-state index contributed by atoms with van der Waals surface area (Å²) in [6.45, 7) is 2.54. The van der Waals surface area contributed by atoms with Gasteiger partial charge in [-0.25, -0.2) is 0 Å². The van der Waals surface area contributed by atoms with Crippen molar-refractivity contribution in [1.82, 2.24) is 10.6 Å². The maximum Gasteiger partial charge on any atom is 0.223 e. The average Bonchev–Trinajstić information content (AvgIpc) is 2.84. The van der Waals surface area contributed by atoms with Crippen molar-refractivity contribution >= 4 is 5.91 Å². The molecule has 1 aromatic carbocycles. The molecule has 1 saturated heterocycles. The van der Waals surface area contributed by atoms with E-state index in [1.807, 2.05) is 30.3 Å². The zero-order valence-corrected chi connectivity index (χ0v) is 10.3. The van der Waals surface area contributed by atoms with E-state index in [2.05, 4.69) is 10.6 Å². The van der Waals surface area contributed by atoms with Gasteiger partial charge in [-0.2, -0.15) is 0 Å². The number of rotatable bonds is 5. The molecule has 1 aromatic rings. The molecule has 2 fully saturated rings. The lowest BCUT2D eigenvalue weighted by Crippen LogP contribution is -2.33. The molecule has 1 saturated carbocycles. The third-order valence-corrected chi connectivity index (χ3v) is 3.76. The highest BCUT2D eigenvalue weighted by atomic mass is 16.5. The number of para-hydroxylation sites is 1. The Labute approximate surface area is 107 Å². The van der Waals surface area contributed by atoms with Gasteiger partial charge in [0, 0.05) is 19.1 Å². The number of fused-ring (bicyclic) bond motifs is 1.